The molecule has 1 rings (SSSR count). The second-order valence-electron chi connectivity index (χ2n) is 4.38. The number of carbonyl (C=O) groups excluding carboxylic acids is 1. The fourth-order valence-corrected chi connectivity index (χ4v) is 1.84. The molecule has 0 spiro atoms. The lowest BCUT2D eigenvalue weighted by Crippen LogP contribution is -2.48. The number of alkyl halides is 1. The predicted octanol–water partition coefficient (Wildman–Crippen LogP) is 1.24. The first-order chi connectivity index (χ1) is 7.51. The molecule has 0 aromatic heterocycles. The normalized spacial score (nSPS) is 26.9. The first kappa shape index (κ1) is 16.1. The average molecular weight is 264 g/mol. The van der Waals surface area contributed by atoms with E-state index in [2.05, 4.69) is 0 Å². The monoisotopic (exact) mass is 263 g/mol. The second-order valence-corrected chi connectivity index (χ2v) is 4.38. The van der Waals surface area contributed by atoms with Crippen LogP contribution in [0.5, 0.6) is 0 Å². The second kappa shape index (κ2) is 6.77. The van der Waals surface area contributed by atoms with Crippen LogP contribution in [0.3, 0.4) is 0 Å². The Morgan fingerprint density at radius 3 is 2.76 bits per heavy atom. The number of carbonyl (C=O) groups is 1. The smallest absolute Gasteiger partial charge is 0.240 e. The van der Waals surface area contributed by atoms with Gasteiger partial charge >= 0.3 is 0 Å². The van der Waals surface area contributed by atoms with Crippen LogP contribution in [0.4, 0.5) is 4.39 Å². The molecule has 1 aliphatic rings. The van der Waals surface area contributed by atoms with Crippen LogP contribution >= 0.6 is 12.4 Å². The molecule has 1 aliphatic heterocycles. The average Bonchev–Trinajstić information content (AvgIpc) is 2.67. The lowest BCUT2D eigenvalue weighted by Gasteiger charge is -2.25. The maximum Gasteiger partial charge on any atom is 0.240 e. The highest BCUT2D eigenvalue weighted by molar-refractivity contribution is 5.85. The molecule has 0 bridgehead atoms. The summed E-state index contributed by atoms with van der Waals surface area (Å²) in [7, 11) is 0. The number of rotatable bonds is 3. The molecule has 0 aliphatic carbocycles. The van der Waals surface area contributed by atoms with E-state index in [0.717, 1.165) is 6.42 Å². The van der Waals surface area contributed by atoms with Gasteiger partial charge in [0.2, 0.25) is 5.91 Å². The van der Waals surface area contributed by atoms with E-state index in [0.29, 0.717) is 0 Å². The van der Waals surface area contributed by atoms with Gasteiger partial charge in [0.15, 0.2) is 0 Å². The van der Waals surface area contributed by atoms with E-state index >= 15 is 0 Å². The molecule has 4 atom stereocenters. The van der Waals surface area contributed by atoms with Gasteiger partial charge in [-0.3, -0.25) is 4.79 Å². The Kier molecular flexibility index (Phi) is 6.43. The van der Waals surface area contributed by atoms with Crippen molar-refractivity contribution in [1.29, 1.82) is 5.26 Å². The molecule has 17 heavy (non-hydrogen) atoms. The number of nitriles is 1. The standard InChI is InChI=1S/C11H18FN3O.ClH/c1-3-7(2)10(14)11(16)15-6-8(12)4-9(15)5-13;/h7-10H,3-4,6,14H2,1-2H3;1H/t7-,8+,9-,10-;/m0./s1. The summed E-state index contributed by atoms with van der Waals surface area (Å²) < 4.78 is 13.1. The summed E-state index contributed by atoms with van der Waals surface area (Å²) in [5.41, 5.74) is 5.79. The summed E-state index contributed by atoms with van der Waals surface area (Å²) in [5.74, 6) is -0.258. The van der Waals surface area contributed by atoms with Crippen molar-refractivity contribution in [2.75, 3.05) is 6.54 Å². The van der Waals surface area contributed by atoms with Crippen LogP contribution in [0.15, 0.2) is 0 Å². The molecule has 0 saturated carbocycles. The third-order valence-corrected chi connectivity index (χ3v) is 3.22. The zero-order valence-corrected chi connectivity index (χ0v) is 10.9. The van der Waals surface area contributed by atoms with Crippen LogP contribution in [-0.4, -0.2) is 35.6 Å². The lowest BCUT2D eigenvalue weighted by atomic mass is 9.99. The van der Waals surface area contributed by atoms with Gasteiger partial charge in [0.1, 0.15) is 12.2 Å². The van der Waals surface area contributed by atoms with Crippen molar-refractivity contribution in [1.82, 2.24) is 4.90 Å². The van der Waals surface area contributed by atoms with Crippen molar-refractivity contribution in [3.63, 3.8) is 0 Å². The van der Waals surface area contributed by atoms with Crippen molar-refractivity contribution in [2.24, 2.45) is 11.7 Å². The fourth-order valence-electron chi connectivity index (χ4n) is 1.84. The highest BCUT2D eigenvalue weighted by Gasteiger charge is 2.38. The van der Waals surface area contributed by atoms with Crippen LogP contribution < -0.4 is 5.73 Å². The van der Waals surface area contributed by atoms with Gasteiger partial charge in [0, 0.05) is 6.42 Å². The van der Waals surface area contributed by atoms with Gasteiger partial charge in [0.05, 0.1) is 18.7 Å². The molecule has 2 N–H and O–H groups in total. The van der Waals surface area contributed by atoms with E-state index in [9.17, 15) is 9.18 Å². The van der Waals surface area contributed by atoms with Gasteiger partial charge in [-0.1, -0.05) is 20.3 Å². The van der Waals surface area contributed by atoms with E-state index in [1.54, 1.807) is 0 Å². The zero-order chi connectivity index (χ0) is 12.3. The molecule has 1 fully saturated rings. The van der Waals surface area contributed by atoms with E-state index < -0.39 is 18.3 Å². The van der Waals surface area contributed by atoms with Gasteiger partial charge < -0.3 is 10.6 Å². The molecule has 1 amide bonds. The number of hydrogen-bond acceptors (Lipinski definition) is 3. The molecule has 1 heterocycles. The number of hydrogen-bond donors (Lipinski definition) is 1. The molecule has 0 unspecified atom stereocenters. The Bertz CT molecular complexity index is 308. The molecular formula is C11H19ClFN3O. The van der Waals surface area contributed by atoms with Crippen molar-refractivity contribution < 1.29 is 9.18 Å². The van der Waals surface area contributed by atoms with Gasteiger partial charge in [-0.2, -0.15) is 5.26 Å². The van der Waals surface area contributed by atoms with Crippen molar-refractivity contribution in [3.05, 3.63) is 0 Å². The molecule has 1 saturated heterocycles. The number of nitrogens with zero attached hydrogens (tertiary/aromatic N) is 2. The summed E-state index contributed by atoms with van der Waals surface area (Å²) in [6.45, 7) is 3.83. The van der Waals surface area contributed by atoms with Crippen molar-refractivity contribution in [2.45, 2.75) is 44.9 Å². The Morgan fingerprint density at radius 2 is 2.29 bits per heavy atom. The van der Waals surface area contributed by atoms with Crippen LogP contribution in [-0.2, 0) is 4.79 Å². The Hall–Kier alpha value is -0.860. The Morgan fingerprint density at radius 1 is 1.71 bits per heavy atom. The summed E-state index contributed by atoms with van der Waals surface area (Å²) in [4.78, 5) is 13.2. The first-order valence-electron chi connectivity index (χ1n) is 5.61. The molecule has 4 nitrogen and oxygen atoms in total. The highest BCUT2D eigenvalue weighted by Crippen LogP contribution is 2.22. The number of amides is 1. The van der Waals surface area contributed by atoms with Crippen LogP contribution in [0.1, 0.15) is 26.7 Å². The van der Waals surface area contributed by atoms with E-state index in [4.69, 9.17) is 11.0 Å². The van der Waals surface area contributed by atoms with Crippen LogP contribution in [0, 0.1) is 17.2 Å². The van der Waals surface area contributed by atoms with Gasteiger partial charge in [-0.05, 0) is 5.92 Å². The minimum absolute atomic E-state index is 0. The fraction of sp³-hybridized carbons (Fsp3) is 0.818. The zero-order valence-electron chi connectivity index (χ0n) is 10.1. The minimum atomic E-state index is -1.10. The van der Waals surface area contributed by atoms with E-state index in [1.165, 1.54) is 4.90 Å². The summed E-state index contributed by atoms with van der Waals surface area (Å²) in [6.07, 6.45) is -0.204. The summed E-state index contributed by atoms with van der Waals surface area (Å²) in [5, 5.41) is 8.83. The van der Waals surface area contributed by atoms with Gasteiger partial charge in [0.25, 0.3) is 0 Å². The van der Waals surface area contributed by atoms with Gasteiger partial charge in [-0.25, -0.2) is 4.39 Å². The summed E-state index contributed by atoms with van der Waals surface area (Å²) in [6, 6.07) is 0.658. The molecule has 0 aromatic rings. The molecule has 0 aromatic carbocycles. The minimum Gasteiger partial charge on any atom is -0.322 e. The van der Waals surface area contributed by atoms with Crippen molar-refractivity contribution in [3.8, 4) is 6.07 Å². The van der Waals surface area contributed by atoms with Gasteiger partial charge in [-0.15, -0.1) is 12.4 Å². The maximum absolute atomic E-state index is 13.1. The third-order valence-electron chi connectivity index (χ3n) is 3.22. The summed E-state index contributed by atoms with van der Waals surface area (Å²) >= 11 is 0. The maximum atomic E-state index is 13.1. The quantitative estimate of drug-likeness (QED) is 0.833. The Balaban J connectivity index is 0.00000256. The van der Waals surface area contributed by atoms with Crippen LogP contribution in [0.2, 0.25) is 0 Å². The largest absolute Gasteiger partial charge is 0.322 e. The van der Waals surface area contributed by atoms with Crippen molar-refractivity contribution >= 4 is 18.3 Å². The third kappa shape index (κ3) is 3.55. The van der Waals surface area contributed by atoms with Crippen LogP contribution in [0.25, 0.3) is 0 Å². The van der Waals surface area contributed by atoms with E-state index in [1.807, 2.05) is 19.9 Å². The number of nitrogens with two attached hydrogens (primary N) is 1. The molecule has 6 heteroatoms. The molecule has 98 valence electrons. The number of likely N-dealkylation sites (tertiary alicyclic amines) is 1. The topological polar surface area (TPSA) is 70.1 Å². The molecular weight excluding hydrogens is 245 g/mol. The Labute approximate surface area is 107 Å². The highest BCUT2D eigenvalue weighted by atomic mass is 35.5. The number of halogens is 2. The lowest BCUT2D eigenvalue weighted by molar-refractivity contribution is -0.133. The molecule has 0 radical (unpaired) electrons. The van der Waals surface area contributed by atoms with E-state index in [-0.39, 0.29) is 37.2 Å². The SMILES string of the molecule is CC[C@H](C)[C@H](N)C(=O)N1C[C@H](F)C[C@H]1C#N.Cl. The predicted molar refractivity (Wildman–Crippen MR) is 65.3 cm³/mol. The first-order valence-corrected chi connectivity index (χ1v) is 5.61.